The predicted octanol–water partition coefficient (Wildman–Crippen LogP) is 1.80. The number of aliphatic hydroxyl groups is 3. The summed E-state index contributed by atoms with van der Waals surface area (Å²) < 4.78 is 5.64. The van der Waals surface area contributed by atoms with E-state index in [1.54, 1.807) is 26.2 Å². The van der Waals surface area contributed by atoms with Gasteiger partial charge in [-0.25, -0.2) is 0 Å². The Morgan fingerprint density at radius 3 is 2.55 bits per heavy atom. The monoisotopic (exact) mass is 602 g/mol. The van der Waals surface area contributed by atoms with Crippen LogP contribution in [0.3, 0.4) is 0 Å². The van der Waals surface area contributed by atoms with E-state index in [1.807, 2.05) is 12.1 Å². The molecule has 3 aliphatic carbocycles. The lowest BCUT2D eigenvalue weighted by Crippen LogP contribution is -2.63. The third kappa shape index (κ3) is 4.61. The number of amides is 1. The average molecular weight is 603 g/mol. The number of nitrogens with one attached hydrogen (secondary N) is 1. The molecule has 0 bridgehead atoms. The average Bonchev–Trinajstić information content (AvgIpc) is 2.97. The summed E-state index contributed by atoms with van der Waals surface area (Å²) in [5, 5.41) is 57.2. The van der Waals surface area contributed by atoms with Crippen LogP contribution >= 0.6 is 0 Å². The number of rotatable bonds is 8. The van der Waals surface area contributed by atoms with Crippen LogP contribution in [0.15, 0.2) is 53.0 Å². The maximum Gasteiger partial charge on any atom is 0.255 e. The molecule has 2 aromatic carbocycles. The lowest BCUT2D eigenvalue weighted by atomic mass is 9.58. The highest BCUT2D eigenvalue weighted by atomic mass is 16.5. The van der Waals surface area contributed by atoms with E-state index in [0.717, 1.165) is 5.56 Å². The summed E-state index contributed by atoms with van der Waals surface area (Å²) in [4.78, 5) is 41.3. The molecule has 4 atom stereocenters. The van der Waals surface area contributed by atoms with Gasteiger partial charge in [0.15, 0.2) is 11.4 Å². The van der Waals surface area contributed by atoms with E-state index in [0.29, 0.717) is 42.0 Å². The summed E-state index contributed by atoms with van der Waals surface area (Å²) in [5.74, 6) is -6.49. The van der Waals surface area contributed by atoms with Crippen molar-refractivity contribution in [2.45, 2.75) is 37.5 Å². The van der Waals surface area contributed by atoms with Crippen molar-refractivity contribution in [2.24, 2.45) is 17.6 Å². The number of nitrogens with two attached hydrogens (primary N) is 1. The van der Waals surface area contributed by atoms with E-state index in [-0.39, 0.29) is 29.7 Å². The Morgan fingerprint density at radius 2 is 1.91 bits per heavy atom. The normalized spacial score (nSPS) is 24.5. The van der Waals surface area contributed by atoms with Crippen LogP contribution in [0.4, 0.5) is 0 Å². The molecule has 3 aliphatic rings. The molecule has 5 rings (SSSR count). The Balaban J connectivity index is 1.66. The van der Waals surface area contributed by atoms with Crippen LogP contribution in [0.2, 0.25) is 0 Å². The summed E-state index contributed by atoms with van der Waals surface area (Å²) in [6, 6.07) is 9.62. The largest absolute Gasteiger partial charge is 0.510 e. The Labute approximate surface area is 253 Å². The van der Waals surface area contributed by atoms with Crippen molar-refractivity contribution in [1.29, 1.82) is 5.26 Å². The van der Waals surface area contributed by atoms with Gasteiger partial charge in [0.05, 0.1) is 24.8 Å². The quantitative estimate of drug-likeness (QED) is 0.190. The highest BCUT2D eigenvalue weighted by Gasteiger charge is 2.63. The molecule has 0 unspecified atom stereocenters. The van der Waals surface area contributed by atoms with E-state index in [4.69, 9.17) is 15.7 Å². The predicted molar refractivity (Wildman–Crippen MR) is 158 cm³/mol. The van der Waals surface area contributed by atoms with E-state index < -0.39 is 58.0 Å². The Kier molecular flexibility index (Phi) is 7.98. The fourth-order valence-electron chi connectivity index (χ4n) is 6.96. The van der Waals surface area contributed by atoms with Crippen LogP contribution in [0.25, 0.3) is 11.1 Å². The van der Waals surface area contributed by atoms with Gasteiger partial charge in [-0.3, -0.25) is 19.3 Å². The van der Waals surface area contributed by atoms with Gasteiger partial charge in [0.2, 0.25) is 5.78 Å². The number of phenolic OH excluding ortho intramolecular Hbond substituents is 1. The van der Waals surface area contributed by atoms with Gasteiger partial charge in [0.1, 0.15) is 28.6 Å². The molecular formula is C32H34N4O8. The molecule has 1 amide bonds. The fourth-order valence-corrected chi connectivity index (χ4v) is 6.96. The number of likely N-dealkylation sites (N-methyl/N-ethyl adjacent to an activating group) is 1. The molecule has 2 aromatic rings. The number of hydrogen-bond acceptors (Lipinski definition) is 11. The Bertz CT molecular complexity index is 1690. The zero-order chi connectivity index (χ0) is 32.1. The number of ketones is 2. The van der Waals surface area contributed by atoms with Gasteiger partial charge in [-0.2, -0.15) is 5.26 Å². The van der Waals surface area contributed by atoms with Crippen molar-refractivity contribution in [1.82, 2.24) is 10.2 Å². The second kappa shape index (κ2) is 11.4. The van der Waals surface area contributed by atoms with E-state index >= 15 is 0 Å². The molecular weight excluding hydrogens is 568 g/mol. The molecule has 0 aromatic heterocycles. The minimum atomic E-state index is -2.70. The third-order valence-corrected chi connectivity index (χ3v) is 8.90. The van der Waals surface area contributed by atoms with Crippen molar-refractivity contribution in [3.05, 3.63) is 69.7 Å². The van der Waals surface area contributed by atoms with E-state index in [9.17, 15) is 34.8 Å². The highest BCUT2D eigenvalue weighted by Crippen LogP contribution is 2.53. The number of fused-ring (bicyclic) bond motifs is 3. The van der Waals surface area contributed by atoms with E-state index in [1.165, 1.54) is 18.1 Å². The lowest BCUT2D eigenvalue weighted by molar-refractivity contribution is -0.148. The minimum absolute atomic E-state index is 0.0131. The summed E-state index contributed by atoms with van der Waals surface area (Å²) in [7, 11) is 4.68. The molecule has 0 radical (unpaired) electrons. The van der Waals surface area contributed by atoms with Crippen molar-refractivity contribution < 1.29 is 39.5 Å². The Hall–Kier alpha value is -4.70. The van der Waals surface area contributed by atoms with Gasteiger partial charge in [-0.15, -0.1) is 0 Å². The minimum Gasteiger partial charge on any atom is -0.510 e. The number of primary amides is 1. The molecule has 0 saturated carbocycles. The molecule has 0 aliphatic heterocycles. The molecule has 0 fully saturated rings. The molecule has 12 nitrogen and oxygen atoms in total. The molecule has 0 heterocycles. The standard InChI is InChI=1S/C32H34N4O8/c1-36(2)26-20-13-16-12-19-17(18-11-15(5-8-22(18)44-3)14-35-10-4-9-33)6-7-21(37)24(19)27(38)23(16)29(40)32(20,43)30(41)25(28(26)39)31(34)42/h5-8,11,16,20,26,35,37,39-40,43H,4,10,12-14H2,1-3H3,(H2,34,42)/t16-,20-,26-,32-/m1/s1. The molecule has 230 valence electrons. The number of aliphatic hydroxyl groups excluding tert-OH is 2. The van der Waals surface area contributed by atoms with Gasteiger partial charge in [-0.1, -0.05) is 12.1 Å². The van der Waals surface area contributed by atoms with Crippen LogP contribution < -0.4 is 15.8 Å². The van der Waals surface area contributed by atoms with Crippen molar-refractivity contribution in [3.8, 4) is 28.7 Å². The first-order chi connectivity index (χ1) is 20.9. The van der Waals surface area contributed by atoms with Crippen LogP contribution in [-0.2, 0) is 22.6 Å². The maximum absolute atomic E-state index is 14.1. The molecule has 7 N–H and O–H groups in total. The van der Waals surface area contributed by atoms with Crippen LogP contribution in [0.1, 0.15) is 34.3 Å². The number of hydrogen-bond donors (Lipinski definition) is 6. The van der Waals surface area contributed by atoms with Crippen LogP contribution in [-0.4, -0.2) is 82.2 Å². The van der Waals surface area contributed by atoms with E-state index in [2.05, 4.69) is 11.4 Å². The number of methoxy groups -OCH3 is 1. The van der Waals surface area contributed by atoms with Gasteiger partial charge >= 0.3 is 0 Å². The van der Waals surface area contributed by atoms with Crippen molar-refractivity contribution in [2.75, 3.05) is 27.7 Å². The number of carbonyl (C=O) groups is 3. The smallest absolute Gasteiger partial charge is 0.255 e. The SMILES string of the molecule is COc1ccc(CNCCC#N)cc1-c1ccc(O)c2c1C[C@@H]1C[C@@H]3[C@@H](N(C)C)C(O)=C(C(N)=O)C(=O)[C@]3(O)C(O)=C1C2=O. The maximum atomic E-state index is 14.1. The first-order valence-corrected chi connectivity index (χ1v) is 14.1. The number of phenols is 1. The zero-order valence-corrected chi connectivity index (χ0v) is 24.5. The molecule has 0 spiro atoms. The molecule has 0 saturated heterocycles. The van der Waals surface area contributed by atoms with Gasteiger partial charge in [-0.05, 0) is 67.7 Å². The van der Waals surface area contributed by atoms with Gasteiger partial charge < -0.3 is 36.2 Å². The van der Waals surface area contributed by atoms with Gasteiger partial charge in [0, 0.05) is 36.6 Å². The number of allylic oxidation sites excluding steroid dienone is 1. The topological polar surface area (TPSA) is 206 Å². The van der Waals surface area contributed by atoms with Gasteiger partial charge in [0.25, 0.3) is 5.91 Å². The first kappa shape index (κ1) is 30.7. The third-order valence-electron chi connectivity index (χ3n) is 8.90. The first-order valence-electron chi connectivity index (χ1n) is 14.1. The highest BCUT2D eigenvalue weighted by molar-refractivity contribution is 6.25. The number of nitriles is 1. The molecule has 12 heteroatoms. The second-order valence-electron chi connectivity index (χ2n) is 11.6. The number of Topliss-reactive ketones (excluding diaryl/α,β-unsaturated/α-hetero) is 2. The summed E-state index contributed by atoms with van der Waals surface area (Å²) in [5.41, 5.74) is 4.20. The van der Waals surface area contributed by atoms with Crippen LogP contribution in [0, 0.1) is 23.2 Å². The number of benzene rings is 2. The molecule has 44 heavy (non-hydrogen) atoms. The number of aromatic hydroxyl groups is 1. The summed E-state index contributed by atoms with van der Waals surface area (Å²) in [6.07, 6.45) is 0.488. The zero-order valence-electron chi connectivity index (χ0n) is 24.5. The number of carbonyl (C=O) groups excluding carboxylic acids is 3. The van der Waals surface area contributed by atoms with Crippen molar-refractivity contribution in [3.63, 3.8) is 0 Å². The fraction of sp³-hybridized carbons (Fsp3) is 0.375. The second-order valence-corrected chi connectivity index (χ2v) is 11.6. The Morgan fingerprint density at radius 1 is 1.18 bits per heavy atom. The summed E-state index contributed by atoms with van der Waals surface area (Å²) in [6.45, 7) is 0.989. The number of ether oxygens (including phenoxy) is 1. The van der Waals surface area contributed by atoms with Crippen LogP contribution in [0.5, 0.6) is 11.5 Å². The lowest BCUT2D eigenvalue weighted by Gasteiger charge is -2.50. The number of nitrogens with zero attached hydrogens (tertiary/aromatic N) is 2. The summed E-state index contributed by atoms with van der Waals surface area (Å²) >= 11 is 0. The van der Waals surface area contributed by atoms with Crippen molar-refractivity contribution >= 4 is 17.5 Å².